The fourth-order valence-electron chi connectivity index (χ4n) is 6.15. The van der Waals surface area contributed by atoms with E-state index in [0.717, 1.165) is 49.8 Å². The molecule has 7 N–H and O–H groups in total. The predicted molar refractivity (Wildman–Crippen MR) is 288 cm³/mol. The zero-order valence-electron chi connectivity index (χ0n) is 48.1. The van der Waals surface area contributed by atoms with Crippen molar-refractivity contribution in [2.45, 2.75) is 218 Å². The molecule has 0 aliphatic rings. The topological polar surface area (TPSA) is 324 Å². The molecule has 21 nitrogen and oxygen atoms in total. The van der Waals surface area contributed by atoms with Crippen LogP contribution in [-0.4, -0.2) is 70.6 Å². The first-order chi connectivity index (χ1) is 36.8. The lowest BCUT2D eigenvalue weighted by Crippen LogP contribution is -2.05. The van der Waals surface area contributed by atoms with Crippen LogP contribution in [-0.2, 0) is 59.1 Å². The Morgan fingerprint density at radius 2 is 0.610 bits per heavy atom. The fourth-order valence-corrected chi connectivity index (χ4v) is 6.15. The Bertz CT molecular complexity index is 2300. The number of nitrogens with zero attached hydrogens (tertiary/aromatic N) is 7. The van der Waals surface area contributed by atoms with Crippen molar-refractivity contribution >= 4 is 0 Å². The first kappa shape index (κ1) is 69.2. The molecule has 0 bridgehead atoms. The quantitative estimate of drug-likeness (QED) is 0.0351. The van der Waals surface area contributed by atoms with Gasteiger partial charge in [0.1, 0.15) is 83.7 Å². The molecule has 0 aliphatic carbocycles. The van der Waals surface area contributed by atoms with E-state index in [1.807, 2.05) is 41.5 Å². The van der Waals surface area contributed by atoms with E-state index in [1.54, 1.807) is 0 Å². The van der Waals surface area contributed by atoms with E-state index in [0.29, 0.717) is 105 Å². The molecule has 77 heavy (non-hydrogen) atoms. The van der Waals surface area contributed by atoms with Crippen LogP contribution >= 0.6 is 0 Å². The number of aliphatic hydroxyl groups excluding tert-OH is 7. The summed E-state index contributed by atoms with van der Waals surface area (Å²) in [6.45, 7) is 28.7. The van der Waals surface area contributed by atoms with Crippen LogP contribution in [0.5, 0.6) is 0 Å². The SMILES string of the molecule is CC(C)c1nc(CO)co1.CC(C)c1nc(CO)co1.CCC(C)[C@H](C)c1nc(CO)co1.CCCC[C@@H](C)c1nc(CO)co1.CC[C@@H](C)C(C)c1nc(CO)co1.CCc1nc(CO)co1.CCc1nc(CO)co1. The van der Waals surface area contributed by atoms with Crippen molar-refractivity contribution in [3.05, 3.63) is 125 Å². The number of hydrogen-bond acceptors (Lipinski definition) is 21. The molecule has 0 fully saturated rings. The molecule has 7 aromatic heterocycles. The van der Waals surface area contributed by atoms with Gasteiger partial charge in [-0.15, -0.1) is 0 Å². The second kappa shape index (κ2) is 39.5. The lowest BCUT2D eigenvalue weighted by Gasteiger charge is -2.13. The van der Waals surface area contributed by atoms with Crippen molar-refractivity contribution in [1.82, 2.24) is 34.9 Å². The van der Waals surface area contributed by atoms with Gasteiger partial charge >= 0.3 is 0 Å². The number of aromatic nitrogens is 7. The highest BCUT2D eigenvalue weighted by atomic mass is 16.4. The van der Waals surface area contributed by atoms with Crippen molar-refractivity contribution in [3.8, 4) is 0 Å². The zero-order valence-corrected chi connectivity index (χ0v) is 48.1. The maximum Gasteiger partial charge on any atom is 0.197 e. The minimum absolute atomic E-state index is 0.0377. The van der Waals surface area contributed by atoms with Crippen LogP contribution in [0.1, 0.15) is 240 Å². The molecule has 0 saturated heterocycles. The molecular weight excluding hydrogens is 995 g/mol. The molecule has 0 spiro atoms. The second-order valence-electron chi connectivity index (χ2n) is 18.9. The van der Waals surface area contributed by atoms with E-state index in [2.05, 4.69) is 90.3 Å². The Morgan fingerprint density at radius 1 is 0.351 bits per heavy atom. The minimum Gasteiger partial charge on any atom is -0.449 e. The van der Waals surface area contributed by atoms with Crippen molar-refractivity contribution < 1.29 is 66.7 Å². The summed E-state index contributed by atoms with van der Waals surface area (Å²) in [5.41, 5.74) is 4.26. The van der Waals surface area contributed by atoms with Crippen LogP contribution in [0.15, 0.2) is 74.8 Å². The van der Waals surface area contributed by atoms with Gasteiger partial charge in [-0.3, -0.25) is 0 Å². The Labute approximate surface area is 454 Å². The number of unbranched alkanes of at least 4 members (excludes halogenated alkanes) is 1. The largest absolute Gasteiger partial charge is 0.449 e. The van der Waals surface area contributed by atoms with Crippen molar-refractivity contribution in [2.75, 3.05) is 0 Å². The maximum atomic E-state index is 8.81. The van der Waals surface area contributed by atoms with Crippen LogP contribution in [0.4, 0.5) is 0 Å². The molecule has 7 rings (SSSR count). The van der Waals surface area contributed by atoms with Gasteiger partial charge in [-0.2, -0.15) is 0 Å². The predicted octanol–water partition coefficient (Wildman–Crippen LogP) is 11.1. The molecule has 7 heterocycles. The Morgan fingerprint density at radius 3 is 0.831 bits per heavy atom. The molecule has 5 atom stereocenters. The van der Waals surface area contributed by atoms with E-state index in [-0.39, 0.29) is 46.2 Å². The first-order valence-electron chi connectivity index (χ1n) is 26.7. The Balaban J connectivity index is 0.000000451. The van der Waals surface area contributed by atoms with E-state index in [9.17, 15) is 0 Å². The van der Waals surface area contributed by atoms with Gasteiger partial charge < -0.3 is 66.7 Å². The average molecular weight is 1090 g/mol. The highest BCUT2D eigenvalue weighted by Crippen LogP contribution is 2.27. The first-order valence-corrected chi connectivity index (χ1v) is 26.7. The van der Waals surface area contributed by atoms with Crippen molar-refractivity contribution in [3.63, 3.8) is 0 Å². The molecule has 7 aromatic rings. The summed E-state index contributed by atoms with van der Waals surface area (Å²) < 4.78 is 35.7. The van der Waals surface area contributed by atoms with E-state index < -0.39 is 0 Å². The van der Waals surface area contributed by atoms with Gasteiger partial charge in [-0.1, -0.05) is 123 Å². The third kappa shape index (κ3) is 26.4. The van der Waals surface area contributed by atoms with Gasteiger partial charge in [0.25, 0.3) is 0 Å². The van der Waals surface area contributed by atoms with Crippen LogP contribution in [0.25, 0.3) is 0 Å². The summed E-state index contributed by atoms with van der Waals surface area (Å²) in [6.07, 6.45) is 17.7. The number of oxazole rings is 7. The van der Waals surface area contributed by atoms with Crippen LogP contribution in [0.2, 0.25) is 0 Å². The highest BCUT2D eigenvalue weighted by Gasteiger charge is 2.19. The molecule has 0 radical (unpaired) electrons. The smallest absolute Gasteiger partial charge is 0.197 e. The summed E-state index contributed by atoms with van der Waals surface area (Å²) in [4.78, 5) is 28.4. The summed E-state index contributed by atoms with van der Waals surface area (Å²) in [7, 11) is 0. The third-order valence-electron chi connectivity index (χ3n) is 12.0. The van der Waals surface area contributed by atoms with Gasteiger partial charge in [0.05, 0.1) is 46.2 Å². The van der Waals surface area contributed by atoms with Crippen LogP contribution in [0, 0.1) is 11.8 Å². The number of rotatable bonds is 21. The molecule has 0 aliphatic heterocycles. The summed E-state index contributed by atoms with van der Waals surface area (Å²) in [5, 5.41) is 60.7. The van der Waals surface area contributed by atoms with E-state index >= 15 is 0 Å². The standard InChI is InChI=1S/3C10H17NO2.2C7H11NO2.2C6H9NO2/c2*1-4-7(2)8(3)10-11-9(5-12)6-13-10;1-3-4-5-8(2)10-11-9(6-12)7-13-10;2*1-5(2)7-8-6(3-9)4-10-7;2*1-2-6-7-5(3-8)4-9-6/h2*6-8,12H,4-5H2,1-3H3;7-8,12H,3-6H2,1-2H3;2*4-5,9H,3H2,1-2H3;2*4,8H,2-3H2,1H3/t7?,8-;7-,8?;8-;;;;/m011..../s1. The monoisotopic (exact) mass is 1090 g/mol. The number of aryl methyl sites for hydroxylation is 2. The highest BCUT2D eigenvalue weighted by molar-refractivity contribution is 5.02. The van der Waals surface area contributed by atoms with Gasteiger partial charge in [-0.25, -0.2) is 34.9 Å². The number of hydrogen-bond donors (Lipinski definition) is 7. The van der Waals surface area contributed by atoms with Gasteiger partial charge in [0.15, 0.2) is 41.2 Å². The molecule has 0 amide bonds. The fraction of sp³-hybridized carbons (Fsp3) is 0.625. The summed E-state index contributed by atoms with van der Waals surface area (Å²) in [5.74, 6) is 7.66. The second-order valence-corrected chi connectivity index (χ2v) is 18.9. The minimum atomic E-state index is -0.0454. The molecule has 434 valence electrons. The maximum absolute atomic E-state index is 8.81. The average Bonchev–Trinajstić information content (AvgIpc) is 4.32. The summed E-state index contributed by atoms with van der Waals surface area (Å²) >= 11 is 0. The molecular formula is C56H91N7O14. The lowest BCUT2D eigenvalue weighted by atomic mass is 9.94. The zero-order chi connectivity index (χ0) is 57.9. The van der Waals surface area contributed by atoms with Gasteiger partial charge in [0.2, 0.25) is 0 Å². The van der Waals surface area contributed by atoms with Crippen molar-refractivity contribution in [1.29, 1.82) is 0 Å². The number of aliphatic hydroxyl groups is 7. The van der Waals surface area contributed by atoms with Crippen LogP contribution < -0.4 is 0 Å². The van der Waals surface area contributed by atoms with Crippen LogP contribution in [0.3, 0.4) is 0 Å². The van der Waals surface area contributed by atoms with Crippen molar-refractivity contribution in [2.24, 2.45) is 11.8 Å². The molecule has 0 saturated carbocycles. The van der Waals surface area contributed by atoms with E-state index in [4.69, 9.17) is 66.7 Å². The Kier molecular flexibility index (Phi) is 35.5. The van der Waals surface area contributed by atoms with Gasteiger partial charge in [-0.05, 0) is 18.3 Å². The summed E-state index contributed by atoms with van der Waals surface area (Å²) in [6, 6.07) is 0. The molecule has 21 heteroatoms. The molecule has 0 aromatic carbocycles. The van der Waals surface area contributed by atoms with E-state index in [1.165, 1.54) is 56.7 Å². The molecule has 2 unspecified atom stereocenters. The normalized spacial score (nSPS) is 12.7. The van der Waals surface area contributed by atoms with Gasteiger partial charge in [0, 0.05) is 42.4 Å². The lowest BCUT2D eigenvalue weighted by molar-refractivity contribution is 0.276. The third-order valence-corrected chi connectivity index (χ3v) is 12.0. The Hall–Kier alpha value is -5.81.